The molecule has 1 saturated carbocycles. The van der Waals surface area contributed by atoms with Gasteiger partial charge in [-0.05, 0) is 49.2 Å². The number of nitrogens with zero attached hydrogens (tertiary/aromatic N) is 2. The van der Waals surface area contributed by atoms with Crippen LogP contribution in [-0.2, 0) is 4.79 Å². The van der Waals surface area contributed by atoms with Gasteiger partial charge in [0.05, 0.1) is 5.52 Å². The van der Waals surface area contributed by atoms with Crippen LogP contribution in [0.5, 0.6) is 0 Å². The molecule has 0 bridgehead atoms. The van der Waals surface area contributed by atoms with Gasteiger partial charge in [0.15, 0.2) is 5.82 Å². The third-order valence-corrected chi connectivity index (χ3v) is 4.90. The summed E-state index contributed by atoms with van der Waals surface area (Å²) < 4.78 is 13.2. The molecule has 27 heavy (non-hydrogen) atoms. The number of fused-ring (bicyclic) bond motifs is 1. The molecule has 3 aromatic rings. The number of carbonyl (C=O) groups excluding carboxylic acids is 1. The molecule has 0 radical (unpaired) electrons. The Morgan fingerprint density at radius 2 is 1.81 bits per heavy atom. The Morgan fingerprint density at radius 3 is 2.56 bits per heavy atom. The van der Waals surface area contributed by atoms with Crippen molar-refractivity contribution in [3.8, 4) is 11.4 Å². The molecule has 1 heterocycles. The van der Waals surface area contributed by atoms with E-state index in [0.29, 0.717) is 24.7 Å². The zero-order valence-corrected chi connectivity index (χ0v) is 14.9. The molecular weight excluding hydrogens is 343 g/mol. The van der Waals surface area contributed by atoms with Crippen LogP contribution < -0.4 is 10.6 Å². The molecule has 2 N–H and O–H groups in total. The average molecular weight is 364 g/mol. The number of amides is 1. The Kier molecular flexibility index (Phi) is 4.96. The first-order chi connectivity index (χ1) is 13.2. The fraction of sp³-hybridized carbons (Fsp3) is 0.286. The Bertz CT molecular complexity index is 954. The standard InChI is InChI=1S/C21H21FN4O/c22-16-10-8-14(9-11-16)19-25-18-7-2-1-6-17(18)20(26-19)23-12-13-24-21(27)15-4-3-5-15/h1-2,6-11,15H,3-5,12-13H2,(H,24,27)(H,23,25,26). The van der Waals surface area contributed by atoms with E-state index in [9.17, 15) is 9.18 Å². The highest BCUT2D eigenvalue weighted by Gasteiger charge is 2.24. The zero-order chi connectivity index (χ0) is 18.6. The lowest BCUT2D eigenvalue weighted by molar-refractivity contribution is -0.127. The molecule has 0 unspecified atom stereocenters. The summed E-state index contributed by atoms with van der Waals surface area (Å²) in [5.74, 6) is 1.28. The van der Waals surface area contributed by atoms with Crippen molar-refractivity contribution in [2.75, 3.05) is 18.4 Å². The van der Waals surface area contributed by atoms with E-state index in [4.69, 9.17) is 0 Å². The second-order valence-electron chi connectivity index (χ2n) is 6.77. The van der Waals surface area contributed by atoms with Crippen molar-refractivity contribution in [1.29, 1.82) is 0 Å². The molecular formula is C21H21FN4O. The number of hydrogen-bond donors (Lipinski definition) is 2. The van der Waals surface area contributed by atoms with Gasteiger partial charge in [-0.3, -0.25) is 4.79 Å². The van der Waals surface area contributed by atoms with Gasteiger partial charge in [0.25, 0.3) is 0 Å². The molecule has 0 spiro atoms. The highest BCUT2D eigenvalue weighted by atomic mass is 19.1. The average Bonchev–Trinajstić information content (AvgIpc) is 2.64. The lowest BCUT2D eigenvalue weighted by Crippen LogP contribution is -2.36. The third kappa shape index (κ3) is 3.89. The first-order valence-electron chi connectivity index (χ1n) is 9.25. The largest absolute Gasteiger partial charge is 0.368 e. The number of nitrogens with one attached hydrogen (secondary N) is 2. The number of aromatic nitrogens is 2. The van der Waals surface area contributed by atoms with Gasteiger partial charge in [0.2, 0.25) is 5.91 Å². The summed E-state index contributed by atoms with van der Waals surface area (Å²) in [5, 5.41) is 7.18. The van der Waals surface area contributed by atoms with Crippen LogP contribution in [0.15, 0.2) is 48.5 Å². The van der Waals surface area contributed by atoms with E-state index < -0.39 is 0 Å². The summed E-state index contributed by atoms with van der Waals surface area (Å²) in [6.07, 6.45) is 3.14. The maximum absolute atomic E-state index is 13.2. The predicted molar refractivity (Wildman–Crippen MR) is 104 cm³/mol. The van der Waals surface area contributed by atoms with Crippen molar-refractivity contribution in [2.24, 2.45) is 5.92 Å². The van der Waals surface area contributed by atoms with Crippen LogP contribution in [0.3, 0.4) is 0 Å². The van der Waals surface area contributed by atoms with Crippen LogP contribution in [0.2, 0.25) is 0 Å². The SMILES string of the molecule is O=C(NCCNc1nc(-c2ccc(F)cc2)nc2ccccc12)C1CCC1. The Balaban J connectivity index is 1.51. The topological polar surface area (TPSA) is 66.9 Å². The van der Waals surface area contributed by atoms with Crippen LogP contribution in [0.25, 0.3) is 22.3 Å². The lowest BCUT2D eigenvalue weighted by atomic mass is 9.85. The third-order valence-electron chi connectivity index (χ3n) is 4.90. The van der Waals surface area contributed by atoms with Gasteiger partial charge in [-0.2, -0.15) is 0 Å². The number of para-hydroxylation sites is 1. The molecule has 1 fully saturated rings. The highest BCUT2D eigenvalue weighted by Crippen LogP contribution is 2.26. The molecule has 0 saturated heterocycles. The van der Waals surface area contributed by atoms with E-state index in [1.165, 1.54) is 12.1 Å². The summed E-state index contributed by atoms with van der Waals surface area (Å²) in [6, 6.07) is 13.9. The second-order valence-corrected chi connectivity index (χ2v) is 6.77. The Morgan fingerprint density at radius 1 is 1.04 bits per heavy atom. The quantitative estimate of drug-likeness (QED) is 0.654. The minimum Gasteiger partial charge on any atom is -0.368 e. The summed E-state index contributed by atoms with van der Waals surface area (Å²) in [7, 11) is 0. The normalized spacial score (nSPS) is 14.0. The summed E-state index contributed by atoms with van der Waals surface area (Å²) in [5.41, 5.74) is 1.57. The smallest absolute Gasteiger partial charge is 0.223 e. The molecule has 2 aromatic carbocycles. The molecule has 1 aliphatic rings. The van der Waals surface area contributed by atoms with Crippen molar-refractivity contribution in [3.63, 3.8) is 0 Å². The fourth-order valence-electron chi connectivity index (χ4n) is 3.12. The lowest BCUT2D eigenvalue weighted by Gasteiger charge is -2.24. The van der Waals surface area contributed by atoms with Crippen LogP contribution in [-0.4, -0.2) is 29.0 Å². The van der Waals surface area contributed by atoms with Crippen molar-refractivity contribution >= 4 is 22.6 Å². The van der Waals surface area contributed by atoms with Gasteiger partial charge in [-0.15, -0.1) is 0 Å². The highest BCUT2D eigenvalue weighted by molar-refractivity contribution is 5.90. The van der Waals surface area contributed by atoms with Gasteiger partial charge in [-0.1, -0.05) is 18.6 Å². The van der Waals surface area contributed by atoms with Gasteiger partial charge in [-0.25, -0.2) is 14.4 Å². The minimum atomic E-state index is -0.292. The predicted octanol–water partition coefficient (Wildman–Crippen LogP) is 3.76. The van der Waals surface area contributed by atoms with Gasteiger partial charge >= 0.3 is 0 Å². The molecule has 6 heteroatoms. The molecule has 1 aliphatic carbocycles. The molecule has 4 rings (SSSR count). The van der Waals surface area contributed by atoms with Crippen molar-refractivity contribution in [2.45, 2.75) is 19.3 Å². The van der Waals surface area contributed by atoms with E-state index in [-0.39, 0.29) is 17.6 Å². The van der Waals surface area contributed by atoms with E-state index in [2.05, 4.69) is 20.6 Å². The van der Waals surface area contributed by atoms with E-state index >= 15 is 0 Å². The Hall–Kier alpha value is -3.02. The first-order valence-corrected chi connectivity index (χ1v) is 9.25. The van der Waals surface area contributed by atoms with Gasteiger partial charge in [0.1, 0.15) is 11.6 Å². The molecule has 0 aliphatic heterocycles. The summed E-state index contributed by atoms with van der Waals surface area (Å²) in [6.45, 7) is 1.11. The second kappa shape index (κ2) is 7.70. The van der Waals surface area contributed by atoms with Crippen molar-refractivity contribution in [3.05, 3.63) is 54.3 Å². The summed E-state index contributed by atoms with van der Waals surface area (Å²) in [4.78, 5) is 21.1. The molecule has 1 amide bonds. The zero-order valence-electron chi connectivity index (χ0n) is 14.9. The number of halogens is 1. The van der Waals surface area contributed by atoms with Crippen molar-refractivity contribution < 1.29 is 9.18 Å². The minimum absolute atomic E-state index is 0.141. The molecule has 5 nitrogen and oxygen atoms in total. The van der Waals surface area contributed by atoms with Crippen LogP contribution in [0.1, 0.15) is 19.3 Å². The molecule has 138 valence electrons. The van der Waals surface area contributed by atoms with Gasteiger partial charge in [0, 0.05) is 30.0 Å². The Labute approximate surface area is 157 Å². The maximum Gasteiger partial charge on any atom is 0.223 e. The maximum atomic E-state index is 13.2. The van der Waals surface area contributed by atoms with E-state index in [1.807, 2.05) is 24.3 Å². The van der Waals surface area contributed by atoms with E-state index in [1.54, 1.807) is 12.1 Å². The van der Waals surface area contributed by atoms with Crippen molar-refractivity contribution in [1.82, 2.24) is 15.3 Å². The number of carbonyl (C=O) groups is 1. The summed E-state index contributed by atoms with van der Waals surface area (Å²) >= 11 is 0. The fourth-order valence-corrected chi connectivity index (χ4v) is 3.12. The monoisotopic (exact) mass is 364 g/mol. The number of anilines is 1. The van der Waals surface area contributed by atoms with Crippen LogP contribution in [0.4, 0.5) is 10.2 Å². The number of hydrogen-bond acceptors (Lipinski definition) is 4. The number of benzene rings is 2. The first kappa shape index (κ1) is 17.4. The number of rotatable bonds is 6. The van der Waals surface area contributed by atoms with E-state index in [0.717, 1.165) is 35.7 Å². The van der Waals surface area contributed by atoms with Crippen LogP contribution in [0, 0.1) is 11.7 Å². The van der Waals surface area contributed by atoms with Gasteiger partial charge < -0.3 is 10.6 Å². The molecule has 1 aromatic heterocycles. The molecule has 0 atom stereocenters. The van der Waals surface area contributed by atoms with Crippen LogP contribution >= 0.6 is 0 Å².